The van der Waals surface area contributed by atoms with Gasteiger partial charge >= 0.3 is 5.97 Å². The van der Waals surface area contributed by atoms with Gasteiger partial charge in [-0.15, -0.1) is 0 Å². The number of nitrogens with zero attached hydrogens (tertiary/aromatic N) is 2. The molecule has 1 saturated heterocycles. The van der Waals surface area contributed by atoms with E-state index in [1.807, 2.05) is 31.2 Å². The van der Waals surface area contributed by atoms with Crippen molar-refractivity contribution in [2.24, 2.45) is 0 Å². The average molecular weight is 505 g/mol. The summed E-state index contributed by atoms with van der Waals surface area (Å²) in [5, 5.41) is 10.6. The summed E-state index contributed by atoms with van der Waals surface area (Å²) in [7, 11) is 1.39. The molecule has 0 bridgehead atoms. The molecule has 36 heavy (non-hydrogen) atoms. The van der Waals surface area contributed by atoms with E-state index in [2.05, 4.69) is 0 Å². The molecule has 0 unspecified atom stereocenters. The molecular formula is C26H20N2O7S. The van der Waals surface area contributed by atoms with E-state index in [1.54, 1.807) is 18.2 Å². The molecule has 1 fully saturated rings. The zero-order valence-corrected chi connectivity index (χ0v) is 20.1. The van der Waals surface area contributed by atoms with E-state index in [4.69, 9.17) is 9.47 Å². The Morgan fingerprint density at radius 1 is 1.06 bits per heavy atom. The molecule has 0 atom stereocenters. The third-order valence-electron chi connectivity index (χ3n) is 5.28. The van der Waals surface area contributed by atoms with Gasteiger partial charge in [-0.25, -0.2) is 4.79 Å². The Balaban J connectivity index is 1.52. The summed E-state index contributed by atoms with van der Waals surface area (Å²) in [5.74, 6) is -0.881. The number of methoxy groups -OCH3 is 1. The molecule has 0 aliphatic carbocycles. The van der Waals surface area contributed by atoms with Crippen LogP contribution in [0.1, 0.15) is 27.0 Å². The van der Waals surface area contributed by atoms with Crippen LogP contribution in [0.4, 0.5) is 10.5 Å². The monoisotopic (exact) mass is 504 g/mol. The van der Waals surface area contributed by atoms with Gasteiger partial charge in [-0.1, -0.05) is 42.0 Å². The zero-order valence-electron chi connectivity index (χ0n) is 19.3. The Morgan fingerprint density at radius 3 is 2.56 bits per heavy atom. The van der Waals surface area contributed by atoms with Gasteiger partial charge in [0.15, 0.2) is 11.5 Å². The number of carbonyl (C=O) groups excluding carboxylic acids is 3. The van der Waals surface area contributed by atoms with Crippen LogP contribution < -0.4 is 9.47 Å². The van der Waals surface area contributed by atoms with Crippen molar-refractivity contribution in [3.8, 4) is 11.5 Å². The third-order valence-corrected chi connectivity index (χ3v) is 6.18. The van der Waals surface area contributed by atoms with E-state index in [0.717, 1.165) is 29.0 Å². The van der Waals surface area contributed by atoms with Gasteiger partial charge in [0, 0.05) is 12.1 Å². The SMILES string of the molecule is COc1cc(/C=C2\SC(=O)N(Cc3cccc(C)c3)C2=O)ccc1OC(=O)c1cccc([N+](=O)[O-])c1. The van der Waals surface area contributed by atoms with E-state index < -0.39 is 16.8 Å². The zero-order chi connectivity index (χ0) is 25.8. The lowest BCUT2D eigenvalue weighted by Gasteiger charge is -2.13. The van der Waals surface area contributed by atoms with Crippen molar-refractivity contribution in [3.05, 3.63) is 104 Å². The van der Waals surface area contributed by atoms with Crippen molar-refractivity contribution < 1.29 is 28.8 Å². The number of imide groups is 1. The number of nitro benzene ring substituents is 1. The van der Waals surface area contributed by atoms with Crippen LogP contribution in [0.15, 0.2) is 71.6 Å². The van der Waals surface area contributed by atoms with E-state index in [9.17, 15) is 24.5 Å². The summed E-state index contributed by atoms with van der Waals surface area (Å²) in [6.07, 6.45) is 1.57. The topological polar surface area (TPSA) is 116 Å². The van der Waals surface area contributed by atoms with Crippen LogP contribution in [0.5, 0.6) is 11.5 Å². The molecule has 2 amide bonds. The summed E-state index contributed by atoms with van der Waals surface area (Å²) in [6.45, 7) is 2.12. The Kier molecular flexibility index (Phi) is 7.16. The molecule has 4 rings (SSSR count). The Morgan fingerprint density at radius 2 is 1.83 bits per heavy atom. The summed E-state index contributed by atoms with van der Waals surface area (Å²) in [4.78, 5) is 49.7. The smallest absolute Gasteiger partial charge is 0.343 e. The number of hydrogen-bond donors (Lipinski definition) is 0. The first-order valence-corrected chi connectivity index (χ1v) is 11.5. The highest BCUT2D eigenvalue weighted by Crippen LogP contribution is 2.35. The fourth-order valence-electron chi connectivity index (χ4n) is 3.54. The van der Waals surface area contributed by atoms with Crippen molar-refractivity contribution in [1.82, 2.24) is 4.90 Å². The van der Waals surface area contributed by atoms with Crippen LogP contribution in [0.2, 0.25) is 0 Å². The minimum Gasteiger partial charge on any atom is -0.493 e. The van der Waals surface area contributed by atoms with E-state index in [-0.39, 0.29) is 39.4 Å². The molecule has 1 aliphatic heterocycles. The molecule has 0 N–H and O–H groups in total. The van der Waals surface area contributed by atoms with Gasteiger partial charge < -0.3 is 9.47 Å². The van der Waals surface area contributed by atoms with E-state index >= 15 is 0 Å². The van der Waals surface area contributed by atoms with Crippen LogP contribution in [0.25, 0.3) is 6.08 Å². The Bertz CT molecular complexity index is 1420. The lowest BCUT2D eigenvalue weighted by atomic mass is 10.1. The quantitative estimate of drug-likeness (QED) is 0.139. The minimum absolute atomic E-state index is 0.0117. The summed E-state index contributed by atoms with van der Waals surface area (Å²) in [5.41, 5.74) is 2.23. The lowest BCUT2D eigenvalue weighted by Crippen LogP contribution is -2.27. The summed E-state index contributed by atoms with van der Waals surface area (Å²) >= 11 is 0.847. The van der Waals surface area contributed by atoms with Gasteiger partial charge in [-0.2, -0.15) is 0 Å². The first-order valence-electron chi connectivity index (χ1n) is 10.7. The van der Waals surface area contributed by atoms with Crippen LogP contribution in [0, 0.1) is 17.0 Å². The molecule has 0 saturated carbocycles. The highest BCUT2D eigenvalue weighted by atomic mass is 32.2. The standard InChI is InChI=1S/C26H20N2O7S/c1-16-5-3-6-18(11-16)15-27-24(29)23(36-26(27)31)13-17-9-10-21(22(12-17)34-2)35-25(30)19-7-4-8-20(14-19)28(32)33/h3-14H,15H2,1-2H3/b23-13-. The van der Waals surface area contributed by atoms with Gasteiger partial charge in [-0.05, 0) is 54.1 Å². The fraction of sp³-hybridized carbons (Fsp3) is 0.115. The number of hydrogen-bond acceptors (Lipinski definition) is 8. The molecule has 10 heteroatoms. The first-order chi connectivity index (χ1) is 17.2. The maximum Gasteiger partial charge on any atom is 0.343 e. The third kappa shape index (κ3) is 5.44. The predicted octanol–water partition coefficient (Wildman–Crippen LogP) is 5.37. The molecule has 3 aromatic carbocycles. The maximum absolute atomic E-state index is 12.9. The molecule has 3 aromatic rings. The molecule has 0 radical (unpaired) electrons. The largest absolute Gasteiger partial charge is 0.493 e. The number of carbonyl (C=O) groups is 3. The summed E-state index contributed by atoms with van der Waals surface area (Å²) < 4.78 is 10.7. The number of amides is 2. The summed E-state index contributed by atoms with van der Waals surface area (Å²) in [6, 6.07) is 17.4. The molecule has 0 spiro atoms. The number of thioether (sulfide) groups is 1. The van der Waals surface area contributed by atoms with Gasteiger partial charge in [0.25, 0.3) is 16.8 Å². The van der Waals surface area contributed by atoms with Gasteiger partial charge in [0.2, 0.25) is 0 Å². The first kappa shape index (κ1) is 24.7. The number of ether oxygens (including phenoxy) is 2. The van der Waals surface area contributed by atoms with E-state index in [0.29, 0.717) is 5.56 Å². The average Bonchev–Trinajstić information content (AvgIpc) is 3.12. The number of nitro groups is 1. The molecule has 182 valence electrons. The number of aryl methyl sites for hydroxylation is 1. The lowest BCUT2D eigenvalue weighted by molar-refractivity contribution is -0.384. The molecule has 1 heterocycles. The van der Waals surface area contributed by atoms with Crippen LogP contribution in [-0.2, 0) is 11.3 Å². The second-order valence-corrected chi connectivity index (χ2v) is 8.86. The van der Waals surface area contributed by atoms with Gasteiger partial charge in [0.05, 0.1) is 29.0 Å². The second-order valence-electron chi connectivity index (χ2n) is 7.86. The highest BCUT2D eigenvalue weighted by molar-refractivity contribution is 8.18. The van der Waals surface area contributed by atoms with Gasteiger partial charge in [-0.3, -0.25) is 24.6 Å². The highest BCUT2D eigenvalue weighted by Gasteiger charge is 2.35. The second kappa shape index (κ2) is 10.4. The van der Waals surface area contributed by atoms with Crippen molar-refractivity contribution in [3.63, 3.8) is 0 Å². The van der Waals surface area contributed by atoms with E-state index in [1.165, 1.54) is 36.3 Å². The molecular weight excluding hydrogens is 484 g/mol. The number of non-ortho nitro benzene ring substituents is 1. The van der Waals surface area contributed by atoms with Crippen molar-refractivity contribution in [2.75, 3.05) is 7.11 Å². The van der Waals surface area contributed by atoms with Crippen LogP contribution >= 0.6 is 11.8 Å². The van der Waals surface area contributed by atoms with Crippen molar-refractivity contribution >= 4 is 40.6 Å². The van der Waals surface area contributed by atoms with Crippen molar-refractivity contribution in [1.29, 1.82) is 0 Å². The number of esters is 1. The fourth-order valence-corrected chi connectivity index (χ4v) is 4.38. The normalized spacial score (nSPS) is 14.3. The molecule has 9 nitrogen and oxygen atoms in total. The number of benzene rings is 3. The maximum atomic E-state index is 12.9. The molecule has 1 aliphatic rings. The molecule has 0 aromatic heterocycles. The van der Waals surface area contributed by atoms with Gasteiger partial charge in [0.1, 0.15) is 0 Å². The predicted molar refractivity (Wildman–Crippen MR) is 134 cm³/mol. The van der Waals surface area contributed by atoms with Crippen LogP contribution in [-0.4, -0.2) is 34.0 Å². The minimum atomic E-state index is -0.790. The van der Waals surface area contributed by atoms with Crippen LogP contribution in [0.3, 0.4) is 0 Å². The Hall–Kier alpha value is -4.44. The van der Waals surface area contributed by atoms with Crippen molar-refractivity contribution in [2.45, 2.75) is 13.5 Å². The Labute approximate surface area is 210 Å². The number of rotatable bonds is 7.